The lowest BCUT2D eigenvalue weighted by Gasteiger charge is -2.24. The van der Waals surface area contributed by atoms with Gasteiger partial charge in [0.25, 0.3) is 0 Å². The molecule has 0 aliphatic rings. The van der Waals surface area contributed by atoms with Gasteiger partial charge in [0, 0.05) is 13.1 Å². The number of hydrogen-bond acceptors (Lipinski definition) is 6. The summed E-state index contributed by atoms with van der Waals surface area (Å²) in [6.07, 6.45) is 48.1. The van der Waals surface area contributed by atoms with Gasteiger partial charge in [0.05, 0.1) is 25.0 Å². The monoisotopic (exact) mass is 863 g/mol. The number of hydrogen-bond donors (Lipinski definition) is 0. The lowest BCUT2D eigenvalue weighted by atomic mass is 9.94. The standard InChI is InChI=1S/C55H110N2O4/c1-7-11-15-19-28-36-44-52(42-34-17-13-9-3)54(58)60-50-40-32-26-22-21-24-30-38-46-57(49-48-56(5)6)47-39-31-25-23-27-33-41-51-61-55(59)53(43-35-18-14-10-4)45-37-29-20-16-12-8-2/h52-53H,7-51H2,1-6H3. The van der Waals surface area contributed by atoms with E-state index in [0.29, 0.717) is 13.2 Å². The second-order valence-electron chi connectivity index (χ2n) is 19.5. The van der Waals surface area contributed by atoms with E-state index in [9.17, 15) is 9.59 Å². The van der Waals surface area contributed by atoms with Crippen LogP contribution >= 0.6 is 0 Å². The van der Waals surface area contributed by atoms with Crippen molar-refractivity contribution in [3.63, 3.8) is 0 Å². The van der Waals surface area contributed by atoms with Crippen LogP contribution in [0.15, 0.2) is 0 Å². The predicted octanol–water partition coefficient (Wildman–Crippen LogP) is 16.5. The first-order chi connectivity index (χ1) is 29.9. The molecule has 0 heterocycles. The lowest BCUT2D eigenvalue weighted by Crippen LogP contribution is -2.33. The van der Waals surface area contributed by atoms with Crippen molar-refractivity contribution < 1.29 is 19.1 Å². The lowest BCUT2D eigenvalue weighted by molar-refractivity contribution is -0.150. The average molecular weight is 863 g/mol. The molecule has 61 heavy (non-hydrogen) atoms. The Bertz CT molecular complexity index is 897. The second-order valence-corrected chi connectivity index (χ2v) is 19.5. The number of esters is 2. The van der Waals surface area contributed by atoms with Gasteiger partial charge < -0.3 is 19.3 Å². The van der Waals surface area contributed by atoms with Crippen LogP contribution in [0.2, 0.25) is 0 Å². The van der Waals surface area contributed by atoms with Gasteiger partial charge in [0.15, 0.2) is 0 Å². The summed E-state index contributed by atoms with van der Waals surface area (Å²) in [5, 5.41) is 0. The topological polar surface area (TPSA) is 59.1 Å². The summed E-state index contributed by atoms with van der Waals surface area (Å²) >= 11 is 0. The summed E-state index contributed by atoms with van der Waals surface area (Å²) in [4.78, 5) is 30.9. The highest BCUT2D eigenvalue weighted by molar-refractivity contribution is 5.72. The van der Waals surface area contributed by atoms with Crippen molar-refractivity contribution in [2.75, 3.05) is 53.5 Å². The fraction of sp³-hybridized carbons (Fsp3) is 0.964. The highest BCUT2D eigenvalue weighted by Gasteiger charge is 2.20. The number of ether oxygens (including phenoxy) is 2. The van der Waals surface area contributed by atoms with Gasteiger partial charge in [0.2, 0.25) is 0 Å². The first-order valence-corrected chi connectivity index (χ1v) is 27.6. The maximum atomic E-state index is 12.9. The molecule has 0 aliphatic carbocycles. The van der Waals surface area contributed by atoms with Crippen LogP contribution in [-0.2, 0) is 19.1 Å². The molecule has 0 saturated heterocycles. The third kappa shape index (κ3) is 42.6. The van der Waals surface area contributed by atoms with Gasteiger partial charge in [-0.1, -0.05) is 227 Å². The van der Waals surface area contributed by atoms with E-state index in [1.54, 1.807) is 0 Å². The van der Waals surface area contributed by atoms with Crippen molar-refractivity contribution >= 4 is 11.9 Å². The van der Waals surface area contributed by atoms with E-state index < -0.39 is 0 Å². The van der Waals surface area contributed by atoms with Crippen LogP contribution in [0.1, 0.15) is 278 Å². The van der Waals surface area contributed by atoms with E-state index in [4.69, 9.17) is 9.47 Å². The van der Waals surface area contributed by atoms with Crippen LogP contribution in [-0.4, -0.2) is 75.2 Å². The molecule has 0 rings (SSSR count). The van der Waals surface area contributed by atoms with Gasteiger partial charge in [-0.25, -0.2) is 0 Å². The molecule has 0 radical (unpaired) electrons. The summed E-state index contributed by atoms with van der Waals surface area (Å²) in [7, 11) is 4.38. The largest absolute Gasteiger partial charge is 0.465 e. The molecule has 0 aromatic heterocycles. The minimum Gasteiger partial charge on any atom is -0.465 e. The van der Waals surface area contributed by atoms with Crippen LogP contribution in [0.3, 0.4) is 0 Å². The molecule has 0 bridgehead atoms. The summed E-state index contributed by atoms with van der Waals surface area (Å²) in [6, 6.07) is 0. The average Bonchev–Trinajstić information content (AvgIpc) is 3.25. The third-order valence-corrected chi connectivity index (χ3v) is 13.1. The molecule has 0 aromatic carbocycles. The van der Waals surface area contributed by atoms with E-state index in [2.05, 4.69) is 51.6 Å². The summed E-state index contributed by atoms with van der Waals surface area (Å²) < 4.78 is 11.6. The Morgan fingerprint density at radius 3 is 0.902 bits per heavy atom. The van der Waals surface area contributed by atoms with Gasteiger partial charge in [0.1, 0.15) is 0 Å². The molecule has 0 amide bonds. The van der Waals surface area contributed by atoms with Gasteiger partial charge in [-0.3, -0.25) is 9.59 Å². The minimum absolute atomic E-state index is 0.0848. The van der Waals surface area contributed by atoms with Crippen LogP contribution in [0.5, 0.6) is 0 Å². The SMILES string of the molecule is CCCCCCCCC(CCCCCC)C(=O)OCCCCCCCCCCN(CCCCCCCCCOC(=O)C(CCCCCC)CCCCCCCC)CCN(C)C. The van der Waals surface area contributed by atoms with Crippen molar-refractivity contribution in [1.82, 2.24) is 9.80 Å². The number of carbonyl (C=O) groups is 2. The fourth-order valence-electron chi connectivity index (χ4n) is 8.81. The molecule has 0 fully saturated rings. The fourth-order valence-corrected chi connectivity index (χ4v) is 8.81. The number of nitrogens with zero attached hydrogens (tertiary/aromatic N) is 2. The number of rotatable bonds is 50. The van der Waals surface area contributed by atoms with Gasteiger partial charge in [-0.2, -0.15) is 0 Å². The van der Waals surface area contributed by atoms with E-state index in [-0.39, 0.29) is 23.8 Å². The van der Waals surface area contributed by atoms with Crippen molar-refractivity contribution in [1.29, 1.82) is 0 Å². The van der Waals surface area contributed by atoms with E-state index in [1.165, 1.54) is 232 Å². The van der Waals surface area contributed by atoms with E-state index >= 15 is 0 Å². The highest BCUT2D eigenvalue weighted by Crippen LogP contribution is 2.23. The normalized spacial score (nSPS) is 12.7. The Kier molecular flexibility index (Phi) is 47.4. The Morgan fingerprint density at radius 1 is 0.328 bits per heavy atom. The molecule has 6 nitrogen and oxygen atoms in total. The first kappa shape index (κ1) is 59.9. The van der Waals surface area contributed by atoms with Crippen LogP contribution in [0.25, 0.3) is 0 Å². The highest BCUT2D eigenvalue weighted by atomic mass is 16.5. The van der Waals surface area contributed by atoms with Crippen molar-refractivity contribution in [2.45, 2.75) is 278 Å². The Morgan fingerprint density at radius 2 is 0.590 bits per heavy atom. The Balaban J connectivity index is 4.11. The Hall–Kier alpha value is -1.14. The second kappa shape index (κ2) is 48.3. The van der Waals surface area contributed by atoms with Gasteiger partial charge in [-0.15, -0.1) is 0 Å². The molecule has 2 unspecified atom stereocenters. The first-order valence-electron chi connectivity index (χ1n) is 27.6. The van der Waals surface area contributed by atoms with Crippen LogP contribution < -0.4 is 0 Å². The molecular weight excluding hydrogens is 753 g/mol. The van der Waals surface area contributed by atoms with E-state index in [0.717, 1.165) is 45.1 Å². The zero-order valence-corrected chi connectivity index (χ0v) is 42.5. The molecular formula is C55H110N2O4. The van der Waals surface area contributed by atoms with Crippen molar-refractivity contribution in [3.8, 4) is 0 Å². The Labute approximate surface area is 383 Å². The van der Waals surface area contributed by atoms with Gasteiger partial charge in [-0.05, 0) is 78.6 Å². The van der Waals surface area contributed by atoms with Crippen molar-refractivity contribution in [2.24, 2.45) is 11.8 Å². The number of likely N-dealkylation sites (N-methyl/N-ethyl adjacent to an activating group) is 1. The zero-order chi connectivity index (χ0) is 44.7. The number of carbonyl (C=O) groups excluding carboxylic acids is 2. The molecule has 0 N–H and O–H groups in total. The predicted molar refractivity (Wildman–Crippen MR) is 267 cm³/mol. The number of unbranched alkanes of at least 4 members (excludes halogenated alkanes) is 29. The molecule has 364 valence electrons. The zero-order valence-electron chi connectivity index (χ0n) is 42.5. The smallest absolute Gasteiger partial charge is 0.308 e. The third-order valence-electron chi connectivity index (χ3n) is 13.1. The molecule has 0 aliphatic heterocycles. The molecule has 2 atom stereocenters. The quantitative estimate of drug-likeness (QED) is 0.0449. The summed E-state index contributed by atoms with van der Waals surface area (Å²) in [5.74, 6) is 0.411. The molecule has 6 heteroatoms. The summed E-state index contributed by atoms with van der Waals surface area (Å²) in [6.45, 7) is 15.0. The van der Waals surface area contributed by atoms with Crippen molar-refractivity contribution in [3.05, 3.63) is 0 Å². The van der Waals surface area contributed by atoms with Gasteiger partial charge >= 0.3 is 11.9 Å². The molecule has 0 spiro atoms. The summed E-state index contributed by atoms with van der Waals surface area (Å²) in [5.41, 5.74) is 0. The van der Waals surface area contributed by atoms with E-state index in [1.807, 2.05) is 0 Å². The minimum atomic E-state index is 0.0848. The molecule has 0 aromatic rings. The molecule has 0 saturated carbocycles. The van der Waals surface area contributed by atoms with Crippen LogP contribution in [0.4, 0.5) is 0 Å². The van der Waals surface area contributed by atoms with Crippen LogP contribution in [0, 0.1) is 11.8 Å². The maximum Gasteiger partial charge on any atom is 0.308 e. The maximum absolute atomic E-state index is 12.9.